The number of nitrogens with one attached hydrogen (secondary N) is 2. The van der Waals surface area contributed by atoms with Crippen molar-refractivity contribution in [3.05, 3.63) is 82.2 Å². The van der Waals surface area contributed by atoms with Gasteiger partial charge in [-0.3, -0.25) is 0 Å². The summed E-state index contributed by atoms with van der Waals surface area (Å²) in [6.07, 6.45) is 4.08. The molecule has 6 heteroatoms. The third-order valence-electron chi connectivity index (χ3n) is 4.32. The molecule has 28 heavy (non-hydrogen) atoms. The number of rotatable bonds is 8. The first-order valence-corrected chi connectivity index (χ1v) is 9.29. The summed E-state index contributed by atoms with van der Waals surface area (Å²) in [7, 11) is 1.86. The van der Waals surface area contributed by atoms with Gasteiger partial charge in [0.1, 0.15) is 5.82 Å². The van der Waals surface area contributed by atoms with Crippen molar-refractivity contribution in [3.8, 4) is 0 Å². The number of anilines is 2. The molecule has 0 saturated carbocycles. The zero-order valence-electron chi connectivity index (χ0n) is 16.1. The van der Waals surface area contributed by atoms with Gasteiger partial charge >= 0.3 is 5.97 Å². The van der Waals surface area contributed by atoms with Crippen LogP contribution in [0.5, 0.6) is 0 Å². The van der Waals surface area contributed by atoms with E-state index in [2.05, 4.69) is 10.6 Å². The quantitative estimate of drug-likeness (QED) is 0.511. The van der Waals surface area contributed by atoms with E-state index in [1.165, 1.54) is 12.1 Å². The minimum Gasteiger partial charge on any atom is -0.478 e. The second kappa shape index (κ2) is 10.1. The molecule has 1 atom stereocenters. The average Bonchev–Trinajstić information content (AvgIpc) is 2.68. The van der Waals surface area contributed by atoms with Crippen molar-refractivity contribution in [3.63, 3.8) is 0 Å². The van der Waals surface area contributed by atoms with Crippen molar-refractivity contribution < 1.29 is 14.3 Å². The van der Waals surface area contributed by atoms with Crippen molar-refractivity contribution in [2.24, 2.45) is 0 Å². The summed E-state index contributed by atoms with van der Waals surface area (Å²) in [5.74, 6) is -1.37. The van der Waals surface area contributed by atoms with Crippen LogP contribution in [0.25, 0.3) is 0 Å². The molecule has 3 N–H and O–H groups in total. The van der Waals surface area contributed by atoms with Crippen LogP contribution in [-0.2, 0) is 6.42 Å². The Morgan fingerprint density at radius 1 is 1.29 bits per heavy atom. The second-order valence-electron chi connectivity index (χ2n) is 6.47. The molecular formula is C22H24ClFN2O2. The first-order chi connectivity index (χ1) is 13.3. The highest BCUT2D eigenvalue weighted by Gasteiger charge is 2.10. The van der Waals surface area contributed by atoms with Gasteiger partial charge in [-0.2, -0.15) is 0 Å². The smallest absolute Gasteiger partial charge is 0.337 e. The predicted octanol–water partition coefficient (Wildman–Crippen LogP) is 5.49. The predicted molar refractivity (Wildman–Crippen MR) is 113 cm³/mol. The van der Waals surface area contributed by atoms with Gasteiger partial charge in [0, 0.05) is 16.8 Å². The molecule has 0 heterocycles. The van der Waals surface area contributed by atoms with Gasteiger partial charge in [0.05, 0.1) is 11.3 Å². The van der Waals surface area contributed by atoms with Gasteiger partial charge in [0.2, 0.25) is 0 Å². The van der Waals surface area contributed by atoms with Gasteiger partial charge in [-0.05, 0) is 68.8 Å². The van der Waals surface area contributed by atoms with Crippen LogP contribution in [0.1, 0.15) is 29.8 Å². The van der Waals surface area contributed by atoms with E-state index in [1.54, 1.807) is 36.4 Å². The molecule has 4 nitrogen and oxygen atoms in total. The fourth-order valence-corrected chi connectivity index (χ4v) is 2.78. The Hall–Kier alpha value is -2.63. The number of carboxylic acid groups (broad SMARTS) is 1. The number of halogens is 2. The van der Waals surface area contributed by atoms with Crippen LogP contribution >= 0.6 is 11.6 Å². The third kappa shape index (κ3) is 5.94. The van der Waals surface area contributed by atoms with Gasteiger partial charge < -0.3 is 15.7 Å². The zero-order chi connectivity index (χ0) is 20.7. The molecular weight excluding hydrogens is 379 g/mol. The molecule has 0 fully saturated rings. The van der Waals surface area contributed by atoms with Gasteiger partial charge in [0.15, 0.2) is 0 Å². The van der Waals surface area contributed by atoms with Crippen LogP contribution in [0.4, 0.5) is 15.8 Å². The number of hydrogen-bond donors (Lipinski definition) is 3. The first kappa shape index (κ1) is 21.7. The molecule has 2 aromatic carbocycles. The largest absolute Gasteiger partial charge is 0.478 e. The summed E-state index contributed by atoms with van der Waals surface area (Å²) in [6, 6.07) is 11.3. The van der Waals surface area contributed by atoms with Crippen LogP contribution in [0.3, 0.4) is 0 Å². The summed E-state index contributed by atoms with van der Waals surface area (Å²) in [5.41, 5.74) is 2.57. The number of para-hydroxylation sites is 1. The molecule has 0 aliphatic heterocycles. The summed E-state index contributed by atoms with van der Waals surface area (Å²) in [5, 5.41) is 16.0. The molecule has 0 aliphatic carbocycles. The number of benzene rings is 2. The molecule has 148 valence electrons. The highest BCUT2D eigenvalue weighted by Crippen LogP contribution is 2.24. The molecule has 0 saturated heterocycles. The zero-order valence-corrected chi connectivity index (χ0v) is 16.8. The van der Waals surface area contributed by atoms with E-state index in [9.17, 15) is 14.3 Å². The van der Waals surface area contributed by atoms with Crippen molar-refractivity contribution in [1.82, 2.24) is 5.32 Å². The number of hydrogen-bond acceptors (Lipinski definition) is 3. The number of allylic oxidation sites excluding steroid dienone is 3. The maximum atomic E-state index is 14.2. The van der Waals surface area contributed by atoms with Crippen molar-refractivity contribution >= 4 is 28.9 Å². The molecule has 0 spiro atoms. The Bertz CT molecular complexity index is 909. The summed E-state index contributed by atoms with van der Waals surface area (Å²) in [4.78, 5) is 11.3. The Balaban J connectivity index is 2.21. The number of likely N-dealkylation sites (N-methyl/N-ethyl adjacent to an activating group) is 1. The van der Waals surface area contributed by atoms with E-state index >= 15 is 0 Å². The van der Waals surface area contributed by atoms with E-state index < -0.39 is 5.97 Å². The minimum absolute atomic E-state index is 0.149. The summed E-state index contributed by atoms with van der Waals surface area (Å²) < 4.78 is 14.2. The molecule has 0 aromatic heterocycles. The van der Waals surface area contributed by atoms with E-state index in [1.807, 2.05) is 27.0 Å². The molecule has 0 radical (unpaired) electrons. The monoisotopic (exact) mass is 402 g/mol. The maximum Gasteiger partial charge on any atom is 0.337 e. The van der Waals surface area contributed by atoms with Crippen molar-refractivity contribution in [2.45, 2.75) is 26.3 Å². The minimum atomic E-state index is -1.03. The Morgan fingerprint density at radius 3 is 2.68 bits per heavy atom. The van der Waals surface area contributed by atoms with Crippen LogP contribution < -0.4 is 10.6 Å². The lowest BCUT2D eigenvalue weighted by molar-refractivity contribution is 0.0698. The van der Waals surface area contributed by atoms with Gasteiger partial charge in [-0.15, -0.1) is 0 Å². The fourth-order valence-electron chi connectivity index (χ4n) is 2.64. The number of carbonyl (C=O) groups is 1. The summed E-state index contributed by atoms with van der Waals surface area (Å²) >= 11 is 6.32. The van der Waals surface area contributed by atoms with Crippen LogP contribution in [0.2, 0.25) is 0 Å². The molecule has 2 aromatic rings. The van der Waals surface area contributed by atoms with E-state index in [-0.39, 0.29) is 17.4 Å². The molecule has 0 aliphatic rings. The van der Waals surface area contributed by atoms with Crippen LogP contribution in [0.15, 0.2) is 65.2 Å². The van der Waals surface area contributed by atoms with Crippen LogP contribution in [0, 0.1) is 5.82 Å². The molecule has 0 bridgehead atoms. The Labute approximate surface area is 169 Å². The van der Waals surface area contributed by atoms with Gasteiger partial charge in [-0.1, -0.05) is 35.9 Å². The first-order valence-electron chi connectivity index (χ1n) is 8.91. The standard InChI is InChI=1S/C22H24ClFN2O2/c1-14(12-15(2)25-3)19(23)10-8-16-13-17(9-11-20(16)24)26-21-7-5-4-6-18(21)22(27)28/h4-7,9-13,15,25-26H,8H2,1-3H3,(H,27,28). The van der Waals surface area contributed by atoms with E-state index in [0.717, 1.165) is 5.57 Å². The number of carboxylic acids is 1. The second-order valence-corrected chi connectivity index (χ2v) is 6.87. The Kier molecular flexibility index (Phi) is 7.79. The highest BCUT2D eigenvalue weighted by atomic mass is 35.5. The van der Waals surface area contributed by atoms with Crippen LogP contribution in [-0.4, -0.2) is 24.2 Å². The normalized spacial score (nSPS) is 13.3. The van der Waals surface area contributed by atoms with E-state index in [0.29, 0.717) is 28.4 Å². The molecule has 2 rings (SSSR count). The molecule has 1 unspecified atom stereocenters. The van der Waals surface area contributed by atoms with Gasteiger partial charge in [-0.25, -0.2) is 9.18 Å². The third-order valence-corrected chi connectivity index (χ3v) is 4.77. The van der Waals surface area contributed by atoms with Crippen molar-refractivity contribution in [2.75, 3.05) is 12.4 Å². The topological polar surface area (TPSA) is 61.4 Å². The lowest BCUT2D eigenvalue weighted by Gasteiger charge is -2.11. The highest BCUT2D eigenvalue weighted by molar-refractivity contribution is 6.31. The summed E-state index contributed by atoms with van der Waals surface area (Å²) in [6.45, 7) is 3.92. The average molecular weight is 403 g/mol. The number of aromatic carboxylic acids is 1. The Morgan fingerprint density at radius 2 is 2.00 bits per heavy atom. The maximum absolute atomic E-state index is 14.2. The lowest BCUT2D eigenvalue weighted by atomic mass is 10.1. The lowest BCUT2D eigenvalue weighted by Crippen LogP contribution is -2.18. The fraction of sp³-hybridized carbons (Fsp3) is 0.227. The van der Waals surface area contributed by atoms with E-state index in [4.69, 9.17) is 11.6 Å². The molecule has 0 amide bonds. The van der Waals surface area contributed by atoms with Gasteiger partial charge in [0.25, 0.3) is 0 Å². The van der Waals surface area contributed by atoms with Crippen molar-refractivity contribution in [1.29, 1.82) is 0 Å². The SMILES string of the molecule is CNC(C)C=C(C)C(Cl)=CCc1cc(Nc2ccccc2C(=O)O)ccc1F.